The number of aliphatic carboxylic acids is 1. The topological polar surface area (TPSA) is 59.0 Å². The largest absolute Gasteiger partial charge is 0.490 e. The molecule has 1 atom stereocenters. The van der Waals surface area contributed by atoms with Crippen LogP contribution in [0.15, 0.2) is 18.2 Å². The summed E-state index contributed by atoms with van der Waals surface area (Å²) in [6.07, 6.45) is 0. The maximum atomic E-state index is 12.3. The van der Waals surface area contributed by atoms with E-state index in [1.54, 1.807) is 21.0 Å². The smallest absolute Gasteiger partial charge is 0.387 e. The van der Waals surface area contributed by atoms with Gasteiger partial charge in [-0.15, -0.1) is 0 Å². The Morgan fingerprint density at radius 1 is 1.35 bits per heavy atom. The molecular formula is C13H17F2NO4. The van der Waals surface area contributed by atoms with E-state index in [1.807, 2.05) is 0 Å². The van der Waals surface area contributed by atoms with Crippen LogP contribution in [0.25, 0.3) is 0 Å². The van der Waals surface area contributed by atoms with E-state index in [0.717, 1.165) is 0 Å². The van der Waals surface area contributed by atoms with Gasteiger partial charge in [-0.2, -0.15) is 8.78 Å². The summed E-state index contributed by atoms with van der Waals surface area (Å²) in [7, 11) is 3.23. The average molecular weight is 289 g/mol. The van der Waals surface area contributed by atoms with Crippen molar-refractivity contribution in [2.75, 3.05) is 20.7 Å². The minimum absolute atomic E-state index is 0.0957. The predicted octanol–water partition coefficient (Wildman–Crippen LogP) is 2.37. The maximum Gasteiger partial charge on any atom is 0.387 e. The van der Waals surface area contributed by atoms with Gasteiger partial charge < -0.3 is 14.6 Å². The van der Waals surface area contributed by atoms with Crippen LogP contribution in [-0.2, 0) is 4.79 Å². The van der Waals surface area contributed by atoms with Gasteiger partial charge in [0.2, 0.25) is 0 Å². The summed E-state index contributed by atoms with van der Waals surface area (Å²) in [4.78, 5) is 12.7. The van der Waals surface area contributed by atoms with Crippen LogP contribution in [0.2, 0.25) is 0 Å². The summed E-state index contributed by atoms with van der Waals surface area (Å²) in [5.74, 6) is -1.06. The lowest BCUT2D eigenvalue weighted by Gasteiger charge is -2.21. The number of ether oxygens (including phenoxy) is 2. The fraction of sp³-hybridized carbons (Fsp3) is 0.462. The monoisotopic (exact) mass is 289 g/mol. The molecule has 0 fully saturated rings. The van der Waals surface area contributed by atoms with Crippen LogP contribution >= 0.6 is 0 Å². The zero-order valence-electron chi connectivity index (χ0n) is 11.5. The molecular weight excluding hydrogens is 272 g/mol. The quantitative estimate of drug-likeness (QED) is 0.835. The third-order valence-corrected chi connectivity index (χ3v) is 2.55. The number of alkyl halides is 2. The molecule has 0 aliphatic heterocycles. The molecule has 0 saturated carbocycles. The van der Waals surface area contributed by atoms with Gasteiger partial charge in [-0.25, -0.2) is 0 Å². The fourth-order valence-electron chi connectivity index (χ4n) is 1.82. The van der Waals surface area contributed by atoms with E-state index in [9.17, 15) is 18.7 Å². The third-order valence-electron chi connectivity index (χ3n) is 2.55. The molecule has 1 aromatic carbocycles. The maximum absolute atomic E-state index is 12.3. The van der Waals surface area contributed by atoms with E-state index in [1.165, 1.54) is 23.1 Å². The van der Waals surface area contributed by atoms with E-state index < -0.39 is 18.6 Å². The van der Waals surface area contributed by atoms with Crippen LogP contribution < -0.4 is 9.47 Å². The van der Waals surface area contributed by atoms with Crippen molar-refractivity contribution in [1.29, 1.82) is 0 Å². The van der Waals surface area contributed by atoms with Gasteiger partial charge in [-0.05, 0) is 38.7 Å². The van der Waals surface area contributed by atoms with E-state index in [0.29, 0.717) is 5.56 Å². The van der Waals surface area contributed by atoms with Crippen molar-refractivity contribution in [1.82, 2.24) is 4.90 Å². The molecule has 0 amide bonds. The van der Waals surface area contributed by atoms with Gasteiger partial charge in [0.15, 0.2) is 11.5 Å². The first kappa shape index (κ1) is 16.2. The van der Waals surface area contributed by atoms with Gasteiger partial charge >= 0.3 is 12.6 Å². The molecule has 0 saturated heterocycles. The first-order chi connectivity index (χ1) is 9.36. The second kappa shape index (κ2) is 7.04. The van der Waals surface area contributed by atoms with Gasteiger partial charge in [0.25, 0.3) is 0 Å². The molecule has 0 aliphatic rings. The van der Waals surface area contributed by atoms with E-state index in [-0.39, 0.29) is 18.1 Å². The van der Waals surface area contributed by atoms with Gasteiger partial charge in [0.1, 0.15) is 6.04 Å². The zero-order chi connectivity index (χ0) is 15.3. The van der Waals surface area contributed by atoms with Gasteiger partial charge in [-0.1, -0.05) is 6.07 Å². The Balaban J connectivity index is 3.17. The first-order valence-corrected chi connectivity index (χ1v) is 5.97. The fourth-order valence-corrected chi connectivity index (χ4v) is 1.82. The summed E-state index contributed by atoms with van der Waals surface area (Å²) in [6.45, 7) is -1.02. The van der Waals surface area contributed by atoms with Crippen molar-refractivity contribution in [3.8, 4) is 11.5 Å². The van der Waals surface area contributed by atoms with Crippen LogP contribution in [0.5, 0.6) is 11.5 Å². The highest BCUT2D eigenvalue weighted by Gasteiger charge is 2.24. The number of likely N-dealkylation sites (N-methyl/N-ethyl adjacent to an activating group) is 1. The van der Waals surface area contributed by atoms with Crippen LogP contribution in [0, 0.1) is 0 Å². The standard InChI is InChI=1S/C13H17F2NO4/c1-4-19-10-7-8(11(12(17)18)16(2)3)5-6-9(10)20-13(14)15/h5-7,11,13H,4H2,1-3H3,(H,17,18). The van der Waals surface area contributed by atoms with Crippen LogP contribution in [0.1, 0.15) is 18.5 Å². The Kier molecular flexibility index (Phi) is 5.69. The molecule has 20 heavy (non-hydrogen) atoms. The molecule has 1 aromatic rings. The van der Waals surface area contributed by atoms with Crippen molar-refractivity contribution in [3.05, 3.63) is 23.8 Å². The third kappa shape index (κ3) is 4.06. The Morgan fingerprint density at radius 2 is 2.00 bits per heavy atom. The highest BCUT2D eigenvalue weighted by atomic mass is 19.3. The first-order valence-electron chi connectivity index (χ1n) is 5.97. The molecule has 0 radical (unpaired) electrons. The number of halogens is 2. The van der Waals surface area contributed by atoms with Crippen molar-refractivity contribution in [2.24, 2.45) is 0 Å². The number of benzene rings is 1. The van der Waals surface area contributed by atoms with Crippen molar-refractivity contribution < 1.29 is 28.2 Å². The predicted molar refractivity (Wildman–Crippen MR) is 68.3 cm³/mol. The minimum Gasteiger partial charge on any atom is -0.490 e. The van der Waals surface area contributed by atoms with Crippen LogP contribution in [-0.4, -0.2) is 43.3 Å². The second-order valence-electron chi connectivity index (χ2n) is 4.22. The number of rotatable bonds is 7. The lowest BCUT2D eigenvalue weighted by molar-refractivity contribution is -0.142. The Morgan fingerprint density at radius 3 is 2.45 bits per heavy atom. The molecule has 1 rings (SSSR count). The highest BCUT2D eigenvalue weighted by Crippen LogP contribution is 2.33. The molecule has 0 bridgehead atoms. The van der Waals surface area contributed by atoms with Crippen LogP contribution in [0.3, 0.4) is 0 Å². The van der Waals surface area contributed by atoms with Crippen molar-refractivity contribution in [3.63, 3.8) is 0 Å². The Bertz CT molecular complexity index is 466. The molecule has 0 aliphatic carbocycles. The Hall–Kier alpha value is -1.89. The second-order valence-corrected chi connectivity index (χ2v) is 4.22. The molecule has 1 N–H and O–H groups in total. The normalized spacial score (nSPS) is 12.6. The minimum atomic E-state index is -2.97. The SMILES string of the molecule is CCOc1cc(C(C(=O)O)N(C)C)ccc1OC(F)F. The summed E-state index contributed by atoms with van der Waals surface area (Å²) in [5.41, 5.74) is 0.424. The van der Waals surface area contributed by atoms with Gasteiger partial charge in [0.05, 0.1) is 6.61 Å². The number of carboxylic acids is 1. The molecule has 0 heterocycles. The summed E-state index contributed by atoms with van der Waals surface area (Å²) < 4.78 is 34.1. The lowest BCUT2D eigenvalue weighted by Crippen LogP contribution is -2.27. The average Bonchev–Trinajstić information content (AvgIpc) is 2.31. The molecule has 5 nitrogen and oxygen atoms in total. The van der Waals surface area contributed by atoms with Gasteiger partial charge in [0, 0.05) is 0 Å². The summed E-state index contributed by atoms with van der Waals surface area (Å²) in [5, 5.41) is 9.20. The Labute approximate surface area is 115 Å². The van der Waals surface area contributed by atoms with Crippen LogP contribution in [0.4, 0.5) is 8.78 Å². The van der Waals surface area contributed by atoms with Crippen molar-refractivity contribution in [2.45, 2.75) is 19.6 Å². The molecule has 112 valence electrons. The molecule has 0 aromatic heterocycles. The van der Waals surface area contributed by atoms with Crippen molar-refractivity contribution >= 4 is 5.97 Å². The lowest BCUT2D eigenvalue weighted by atomic mass is 10.1. The number of hydrogen-bond acceptors (Lipinski definition) is 4. The van der Waals surface area contributed by atoms with Gasteiger partial charge in [-0.3, -0.25) is 9.69 Å². The number of carboxylic acid groups (broad SMARTS) is 1. The number of nitrogens with zero attached hydrogens (tertiary/aromatic N) is 1. The zero-order valence-corrected chi connectivity index (χ0v) is 11.5. The van der Waals surface area contributed by atoms with E-state index >= 15 is 0 Å². The van der Waals surface area contributed by atoms with E-state index in [2.05, 4.69) is 4.74 Å². The summed E-state index contributed by atoms with van der Waals surface area (Å²) >= 11 is 0. The van der Waals surface area contributed by atoms with E-state index in [4.69, 9.17) is 4.74 Å². The highest BCUT2D eigenvalue weighted by molar-refractivity contribution is 5.76. The summed E-state index contributed by atoms with van der Waals surface area (Å²) in [6, 6.07) is 3.22. The number of hydrogen-bond donors (Lipinski definition) is 1. The molecule has 7 heteroatoms. The number of carbonyl (C=O) groups is 1. The molecule has 1 unspecified atom stereocenters. The molecule has 0 spiro atoms.